The van der Waals surface area contributed by atoms with Gasteiger partial charge in [-0.25, -0.2) is 0 Å². The third kappa shape index (κ3) is 6.24. The van der Waals surface area contributed by atoms with Crippen LogP contribution in [-0.2, 0) is 20.4 Å². The van der Waals surface area contributed by atoms with Crippen LogP contribution in [0.5, 0.6) is 0 Å². The molecule has 0 amide bonds. The summed E-state index contributed by atoms with van der Waals surface area (Å²) < 4.78 is 1.61. The molecule has 27 heavy (non-hydrogen) atoms. The zero-order chi connectivity index (χ0) is 18.1. The molecule has 1 unspecified atom stereocenters. The average molecular weight is 480 g/mol. The van der Waals surface area contributed by atoms with Gasteiger partial charge < -0.3 is 37.2 Å². The quantitative estimate of drug-likeness (QED) is 0.383. The third-order valence-corrected chi connectivity index (χ3v) is 11.2. The van der Waals surface area contributed by atoms with E-state index in [9.17, 15) is 0 Å². The van der Waals surface area contributed by atoms with Crippen LogP contribution in [0, 0.1) is 26.7 Å². The van der Waals surface area contributed by atoms with Crippen LogP contribution in [0.15, 0.2) is 32.9 Å². The topological polar surface area (TPSA) is 0 Å². The number of halogens is 3. The van der Waals surface area contributed by atoms with Crippen molar-refractivity contribution in [2.24, 2.45) is 5.92 Å². The summed E-state index contributed by atoms with van der Waals surface area (Å²) >= 11 is 2.35. The molecule has 0 saturated carbocycles. The zero-order valence-electron chi connectivity index (χ0n) is 17.8. The molecule has 0 aromatic heterocycles. The summed E-state index contributed by atoms with van der Waals surface area (Å²) in [5.74, 6) is 0.637. The first-order valence-corrected chi connectivity index (χ1v) is 12.9. The van der Waals surface area contributed by atoms with Crippen LogP contribution in [0.2, 0.25) is 12.6 Å². The Hall–Kier alpha value is 0.501. The predicted octanol–water partition coefficient (Wildman–Crippen LogP) is -2.96. The molecular weight excluding hydrogens is 447 g/mol. The van der Waals surface area contributed by atoms with Gasteiger partial charge in [0.2, 0.25) is 0 Å². The molecule has 0 heterocycles. The van der Waals surface area contributed by atoms with Crippen molar-refractivity contribution in [2.75, 3.05) is 0 Å². The fourth-order valence-corrected chi connectivity index (χ4v) is 11.1. The molecule has 0 radical (unpaired) electrons. The summed E-state index contributed by atoms with van der Waals surface area (Å²) in [5.41, 5.74) is 6.12. The Morgan fingerprint density at radius 2 is 1.56 bits per heavy atom. The number of aryl methyl sites for hydroxylation is 3. The van der Waals surface area contributed by atoms with Crippen molar-refractivity contribution in [2.45, 2.75) is 73.4 Å². The molecule has 1 atom stereocenters. The van der Waals surface area contributed by atoms with Crippen LogP contribution in [0.25, 0.3) is 0 Å². The molecular formula is C22H33Cl3SiTi. The van der Waals surface area contributed by atoms with E-state index in [1.807, 2.05) is 0 Å². The fraction of sp³-hybridized carbons (Fsp3) is 0.545. The molecule has 1 aromatic carbocycles. The minimum absolute atomic E-state index is 0. The van der Waals surface area contributed by atoms with Crippen molar-refractivity contribution in [3.8, 4) is 0 Å². The van der Waals surface area contributed by atoms with Gasteiger partial charge >= 0.3 is 163 Å². The van der Waals surface area contributed by atoms with Crippen molar-refractivity contribution >= 4 is 13.3 Å². The molecule has 5 heteroatoms. The van der Waals surface area contributed by atoms with Gasteiger partial charge in [-0.05, 0) is 0 Å². The van der Waals surface area contributed by atoms with E-state index in [1.165, 1.54) is 42.0 Å². The van der Waals surface area contributed by atoms with Gasteiger partial charge in [0.25, 0.3) is 0 Å². The number of hydrogen-bond acceptors (Lipinski definition) is 0. The zero-order valence-corrected chi connectivity index (χ0v) is 22.6. The Kier molecular flexibility index (Phi) is 13.5. The molecule has 0 N–H and O–H groups in total. The van der Waals surface area contributed by atoms with Crippen molar-refractivity contribution in [1.29, 1.82) is 0 Å². The Morgan fingerprint density at radius 3 is 2.00 bits per heavy atom. The van der Waals surface area contributed by atoms with Crippen molar-refractivity contribution in [3.63, 3.8) is 0 Å². The fourth-order valence-electron chi connectivity index (χ4n) is 4.74. The van der Waals surface area contributed by atoms with Crippen LogP contribution in [0.1, 0.15) is 56.7 Å². The van der Waals surface area contributed by atoms with Crippen molar-refractivity contribution in [1.82, 2.24) is 0 Å². The Balaban J connectivity index is 0. The summed E-state index contributed by atoms with van der Waals surface area (Å²) in [7, 11) is -1.69. The van der Waals surface area contributed by atoms with Gasteiger partial charge in [0.1, 0.15) is 0 Å². The van der Waals surface area contributed by atoms with Gasteiger partial charge in [0, 0.05) is 0 Å². The maximum Gasteiger partial charge on any atom is -1.00 e. The van der Waals surface area contributed by atoms with E-state index in [4.69, 9.17) is 0 Å². The standard InChI is InChI=1S/C22H33Si.3ClH.Ti/c1-8-9-13-23(7,21-12-10-11-20(21)16(2)3)22-18(5)14-17(4)15-19(22)6;;;;/h12,14-16H,8-10,13H2,1-7H3;3*1H;/q;;;;+3/p-3. The van der Waals surface area contributed by atoms with Crippen LogP contribution in [0.4, 0.5) is 0 Å². The van der Waals surface area contributed by atoms with Gasteiger partial charge in [0.15, 0.2) is 0 Å². The molecule has 2 rings (SSSR count). The number of unbranched alkanes of at least 4 members (excludes halogenated alkanes) is 1. The van der Waals surface area contributed by atoms with E-state index < -0.39 is 8.07 Å². The van der Waals surface area contributed by atoms with Gasteiger partial charge in [-0.15, -0.1) is 0 Å². The largest absolute Gasteiger partial charge is 1.00 e. The maximum absolute atomic E-state index is 2.64. The number of allylic oxidation sites excluding steroid dienone is 4. The average Bonchev–Trinajstić information content (AvgIpc) is 2.86. The Morgan fingerprint density at radius 1 is 1.04 bits per heavy atom. The first-order valence-electron chi connectivity index (χ1n) is 9.46. The molecule has 0 saturated heterocycles. The van der Waals surface area contributed by atoms with E-state index >= 15 is 0 Å². The normalized spacial score (nSPS) is 15.6. The third-order valence-electron chi connectivity index (χ3n) is 5.56. The van der Waals surface area contributed by atoms with Gasteiger partial charge in [0.05, 0.1) is 0 Å². The number of benzene rings is 1. The van der Waals surface area contributed by atoms with Gasteiger partial charge in [-0.1, -0.05) is 0 Å². The maximum atomic E-state index is 2.64. The summed E-state index contributed by atoms with van der Waals surface area (Å²) in [4.78, 5) is 0. The Bertz CT molecular complexity index is 672. The molecule has 150 valence electrons. The summed E-state index contributed by atoms with van der Waals surface area (Å²) in [6, 6.07) is 6.19. The summed E-state index contributed by atoms with van der Waals surface area (Å²) in [5, 5.41) is 3.46. The van der Waals surface area contributed by atoms with Gasteiger partial charge in [-0.2, -0.15) is 0 Å². The first-order chi connectivity index (χ1) is 11.2. The first kappa shape index (κ1) is 29.7. The number of hydrogen-bond donors (Lipinski definition) is 0. The second-order valence-corrected chi connectivity index (χ2v) is 13.2. The molecule has 0 nitrogen and oxygen atoms in total. The van der Waals surface area contributed by atoms with E-state index in [-0.39, 0.29) is 37.2 Å². The van der Waals surface area contributed by atoms with Crippen molar-refractivity contribution < 1.29 is 57.7 Å². The molecule has 1 aromatic rings. The Labute approximate surface area is 198 Å². The molecule has 0 aliphatic heterocycles. The second kappa shape index (κ2) is 12.3. The summed E-state index contributed by atoms with van der Waals surface area (Å²) in [6.45, 7) is 16.6. The van der Waals surface area contributed by atoms with Gasteiger partial charge in [-0.3, -0.25) is 0 Å². The van der Waals surface area contributed by atoms with E-state index in [0.717, 1.165) is 0 Å². The number of rotatable bonds is 6. The molecule has 1 aliphatic rings. The minimum atomic E-state index is -1.69. The van der Waals surface area contributed by atoms with E-state index in [0.29, 0.717) is 5.92 Å². The molecule has 1 aliphatic carbocycles. The molecule has 0 fully saturated rings. The monoisotopic (exact) mass is 478 g/mol. The molecule has 0 spiro atoms. The van der Waals surface area contributed by atoms with Crippen LogP contribution >= 0.6 is 0 Å². The van der Waals surface area contributed by atoms with Crippen LogP contribution in [-0.4, -0.2) is 8.07 Å². The SMILES string of the molecule is CCCC[Si](C)(C1=CC[C]([Ti+3])=C1C(C)C)c1c(C)cc(C)cc1C.[Cl-].[Cl-].[Cl-]. The summed E-state index contributed by atoms with van der Waals surface area (Å²) in [6.07, 6.45) is 6.39. The predicted molar refractivity (Wildman–Crippen MR) is 106 cm³/mol. The second-order valence-electron chi connectivity index (χ2n) is 8.08. The molecule has 0 bridgehead atoms. The van der Waals surface area contributed by atoms with Crippen LogP contribution in [0.3, 0.4) is 0 Å². The van der Waals surface area contributed by atoms with E-state index in [1.54, 1.807) is 19.8 Å². The smallest absolute Gasteiger partial charge is 1.00 e. The van der Waals surface area contributed by atoms with Crippen molar-refractivity contribution in [3.05, 3.63) is 49.5 Å². The minimum Gasteiger partial charge on any atom is -1.00 e. The van der Waals surface area contributed by atoms with E-state index in [2.05, 4.69) is 86.7 Å². The van der Waals surface area contributed by atoms with Crippen LogP contribution < -0.4 is 42.4 Å².